The Hall–Kier alpha value is -1.17. The van der Waals surface area contributed by atoms with Crippen molar-refractivity contribution < 1.29 is 9.69 Å². The van der Waals surface area contributed by atoms with Crippen LogP contribution in [-0.4, -0.2) is 49.0 Å². The zero-order valence-electron chi connectivity index (χ0n) is 11.7. The van der Waals surface area contributed by atoms with E-state index in [2.05, 4.69) is 12.4 Å². The quantitative estimate of drug-likeness (QED) is 0.751. The van der Waals surface area contributed by atoms with Crippen molar-refractivity contribution in [1.29, 1.82) is 0 Å². The Bertz CT molecular complexity index is 527. The summed E-state index contributed by atoms with van der Waals surface area (Å²) in [4.78, 5) is 16.0. The Morgan fingerprint density at radius 1 is 1.40 bits per heavy atom. The van der Waals surface area contributed by atoms with E-state index >= 15 is 0 Å². The molecule has 20 heavy (non-hydrogen) atoms. The number of anilines is 1. The molecular formula is C14H19ClN3OS+. The number of benzene rings is 1. The Morgan fingerprint density at radius 2 is 2.05 bits per heavy atom. The summed E-state index contributed by atoms with van der Waals surface area (Å²) in [6.07, 6.45) is 0. The minimum Gasteiger partial charge on any atom is -0.347 e. The van der Waals surface area contributed by atoms with Crippen LogP contribution in [0.3, 0.4) is 0 Å². The SMILES string of the molecule is Cc1c(Cl)cccc1NC(=O)C(=S)N1CC[NH+](C)CC1. The van der Waals surface area contributed by atoms with E-state index in [1.165, 1.54) is 4.90 Å². The lowest BCUT2D eigenvalue weighted by molar-refractivity contribution is -0.883. The number of likely N-dealkylation sites (N-methyl/N-ethyl adjacent to an activating group) is 1. The van der Waals surface area contributed by atoms with Crippen LogP contribution in [0.1, 0.15) is 5.56 Å². The number of nitrogens with one attached hydrogen (secondary N) is 2. The van der Waals surface area contributed by atoms with E-state index in [0.717, 1.165) is 31.7 Å². The molecule has 108 valence electrons. The molecule has 0 bridgehead atoms. The number of piperazine rings is 1. The highest BCUT2D eigenvalue weighted by atomic mass is 35.5. The lowest BCUT2D eigenvalue weighted by Crippen LogP contribution is -3.12. The average Bonchev–Trinajstić information content (AvgIpc) is 2.44. The topological polar surface area (TPSA) is 36.8 Å². The molecule has 0 spiro atoms. The molecule has 1 aliphatic heterocycles. The fourth-order valence-corrected chi connectivity index (χ4v) is 2.56. The van der Waals surface area contributed by atoms with Crippen LogP contribution in [0.15, 0.2) is 18.2 Å². The summed E-state index contributed by atoms with van der Waals surface area (Å²) in [5.41, 5.74) is 1.57. The van der Waals surface area contributed by atoms with Gasteiger partial charge in [-0.25, -0.2) is 0 Å². The Kier molecular flexibility index (Phi) is 4.96. The summed E-state index contributed by atoms with van der Waals surface area (Å²) in [5.74, 6) is -0.232. The van der Waals surface area contributed by atoms with Gasteiger partial charge in [0.2, 0.25) is 0 Å². The molecule has 0 unspecified atom stereocenters. The Labute approximate surface area is 129 Å². The largest absolute Gasteiger partial charge is 0.347 e. The fourth-order valence-electron chi connectivity index (χ4n) is 2.15. The first-order valence-electron chi connectivity index (χ1n) is 6.65. The summed E-state index contributed by atoms with van der Waals surface area (Å²) in [6.45, 7) is 5.53. The van der Waals surface area contributed by atoms with Crippen molar-refractivity contribution in [3.8, 4) is 0 Å². The standard InChI is InChI=1S/C14H18ClN3OS/c1-10-11(15)4-3-5-12(10)16-13(19)14(20)18-8-6-17(2)7-9-18/h3-5H,6-9H2,1-2H3,(H,16,19)/p+1. The molecule has 0 saturated carbocycles. The second-order valence-corrected chi connectivity index (χ2v) is 5.91. The van der Waals surface area contributed by atoms with Crippen LogP contribution in [0.4, 0.5) is 5.69 Å². The van der Waals surface area contributed by atoms with Gasteiger partial charge in [0.25, 0.3) is 5.91 Å². The van der Waals surface area contributed by atoms with Crippen LogP contribution in [-0.2, 0) is 4.79 Å². The highest BCUT2D eigenvalue weighted by molar-refractivity contribution is 7.82. The summed E-state index contributed by atoms with van der Waals surface area (Å²) in [6, 6.07) is 5.44. The third kappa shape index (κ3) is 3.48. The van der Waals surface area contributed by atoms with E-state index in [-0.39, 0.29) is 5.91 Å². The fraction of sp³-hybridized carbons (Fsp3) is 0.429. The molecule has 0 radical (unpaired) electrons. The lowest BCUT2D eigenvalue weighted by atomic mass is 10.2. The molecule has 2 rings (SSSR count). The van der Waals surface area contributed by atoms with Crippen molar-refractivity contribution in [2.45, 2.75) is 6.92 Å². The first kappa shape index (κ1) is 15.2. The minimum atomic E-state index is -0.232. The number of amides is 1. The van der Waals surface area contributed by atoms with Crippen LogP contribution >= 0.6 is 23.8 Å². The number of nitrogens with zero attached hydrogens (tertiary/aromatic N) is 1. The molecule has 1 aromatic rings. The number of carbonyl (C=O) groups is 1. The average molecular weight is 313 g/mol. The smallest absolute Gasteiger partial charge is 0.283 e. The number of halogens is 1. The zero-order chi connectivity index (χ0) is 14.7. The van der Waals surface area contributed by atoms with E-state index in [0.29, 0.717) is 15.7 Å². The van der Waals surface area contributed by atoms with Gasteiger partial charge in [-0.2, -0.15) is 0 Å². The number of hydrogen-bond acceptors (Lipinski definition) is 2. The van der Waals surface area contributed by atoms with Gasteiger partial charge in [-0.1, -0.05) is 29.9 Å². The minimum absolute atomic E-state index is 0.232. The number of rotatable bonds is 1. The Balaban J connectivity index is 2.01. The van der Waals surface area contributed by atoms with Gasteiger partial charge >= 0.3 is 0 Å². The van der Waals surface area contributed by atoms with Crippen molar-refractivity contribution in [3.05, 3.63) is 28.8 Å². The second-order valence-electron chi connectivity index (χ2n) is 5.12. The van der Waals surface area contributed by atoms with Crippen LogP contribution in [0.2, 0.25) is 5.02 Å². The molecule has 1 saturated heterocycles. The van der Waals surface area contributed by atoms with Gasteiger partial charge in [0.05, 0.1) is 33.2 Å². The monoisotopic (exact) mass is 312 g/mol. The number of thiocarbonyl (C=S) groups is 1. The highest BCUT2D eigenvalue weighted by Gasteiger charge is 2.23. The van der Waals surface area contributed by atoms with Crippen LogP contribution < -0.4 is 10.2 Å². The van der Waals surface area contributed by atoms with Crippen LogP contribution in [0, 0.1) is 6.92 Å². The van der Waals surface area contributed by atoms with E-state index in [1.54, 1.807) is 6.07 Å². The Morgan fingerprint density at radius 3 is 2.70 bits per heavy atom. The summed E-state index contributed by atoms with van der Waals surface area (Å²) < 4.78 is 0. The summed E-state index contributed by atoms with van der Waals surface area (Å²) in [5, 5.41) is 3.48. The van der Waals surface area contributed by atoms with Gasteiger partial charge in [0.1, 0.15) is 0 Å². The molecule has 6 heteroatoms. The maximum Gasteiger partial charge on any atom is 0.283 e. The third-order valence-electron chi connectivity index (χ3n) is 3.61. The van der Waals surface area contributed by atoms with E-state index in [9.17, 15) is 4.79 Å². The first-order valence-corrected chi connectivity index (χ1v) is 7.44. The predicted molar refractivity (Wildman–Crippen MR) is 85.6 cm³/mol. The van der Waals surface area contributed by atoms with Crippen molar-refractivity contribution in [3.63, 3.8) is 0 Å². The van der Waals surface area contributed by atoms with Crippen LogP contribution in [0.5, 0.6) is 0 Å². The van der Waals surface area contributed by atoms with Crippen molar-refractivity contribution >= 4 is 40.4 Å². The van der Waals surface area contributed by atoms with E-state index < -0.39 is 0 Å². The molecule has 4 nitrogen and oxygen atoms in total. The van der Waals surface area contributed by atoms with Gasteiger partial charge in [-0.05, 0) is 24.6 Å². The number of quaternary nitrogens is 1. The molecule has 0 atom stereocenters. The van der Waals surface area contributed by atoms with Gasteiger partial charge in [-0.3, -0.25) is 4.79 Å². The molecule has 1 aliphatic rings. The molecule has 1 fully saturated rings. The predicted octanol–water partition coefficient (Wildman–Crippen LogP) is 0.745. The molecule has 0 aromatic heterocycles. The maximum atomic E-state index is 12.2. The highest BCUT2D eigenvalue weighted by Crippen LogP contribution is 2.22. The first-order chi connectivity index (χ1) is 9.49. The summed E-state index contributed by atoms with van der Waals surface area (Å²) >= 11 is 11.3. The molecule has 1 aromatic carbocycles. The molecular weight excluding hydrogens is 294 g/mol. The summed E-state index contributed by atoms with van der Waals surface area (Å²) in [7, 11) is 2.15. The molecule has 1 heterocycles. The lowest BCUT2D eigenvalue weighted by Gasteiger charge is -2.31. The third-order valence-corrected chi connectivity index (χ3v) is 4.47. The van der Waals surface area contributed by atoms with E-state index in [1.807, 2.05) is 24.0 Å². The molecule has 0 aliphatic carbocycles. The van der Waals surface area contributed by atoms with Crippen molar-refractivity contribution in [1.82, 2.24) is 4.90 Å². The van der Waals surface area contributed by atoms with Gasteiger partial charge in [-0.15, -0.1) is 0 Å². The normalized spacial score (nSPS) is 16.1. The maximum absolute atomic E-state index is 12.2. The van der Waals surface area contributed by atoms with Gasteiger partial charge < -0.3 is 15.1 Å². The van der Waals surface area contributed by atoms with Gasteiger partial charge in [0.15, 0.2) is 4.99 Å². The van der Waals surface area contributed by atoms with Crippen LogP contribution in [0.25, 0.3) is 0 Å². The van der Waals surface area contributed by atoms with Gasteiger partial charge in [0, 0.05) is 10.7 Å². The van der Waals surface area contributed by atoms with Crippen molar-refractivity contribution in [2.75, 3.05) is 38.5 Å². The number of carbonyl (C=O) groups excluding carboxylic acids is 1. The van der Waals surface area contributed by atoms with E-state index in [4.69, 9.17) is 23.8 Å². The zero-order valence-corrected chi connectivity index (χ0v) is 13.3. The van der Waals surface area contributed by atoms with Crippen molar-refractivity contribution in [2.24, 2.45) is 0 Å². The second kappa shape index (κ2) is 6.52. The molecule has 1 amide bonds. The number of hydrogen-bond donors (Lipinski definition) is 2. The molecule has 2 N–H and O–H groups in total.